The summed E-state index contributed by atoms with van der Waals surface area (Å²) in [5.41, 5.74) is 1.57. The molecule has 36 heavy (non-hydrogen) atoms. The maximum atomic E-state index is 10.6. The molecule has 4 rings (SSSR count). The molecule has 2 N–H and O–H groups in total. The van der Waals surface area contributed by atoms with Gasteiger partial charge in [-0.3, -0.25) is 9.80 Å². The van der Waals surface area contributed by atoms with E-state index in [0.29, 0.717) is 5.54 Å². The number of morpholine rings is 1. The first kappa shape index (κ1) is 30.3. The molecule has 1 aromatic rings. The summed E-state index contributed by atoms with van der Waals surface area (Å²) in [5.74, 6) is -4.54. The van der Waals surface area contributed by atoms with Crippen LogP contribution in [0.5, 0.6) is 0 Å². The maximum Gasteiger partial charge on any atom is 0.490 e. The monoisotopic (exact) mass is 549 g/mol. The molecule has 1 saturated carbocycles. The first-order valence-corrected chi connectivity index (χ1v) is 12.1. The third-order valence-electron chi connectivity index (χ3n) is 6.05. The molecule has 3 heterocycles. The highest BCUT2D eigenvalue weighted by Gasteiger charge is 2.44. The molecule has 1 spiro atoms. The number of likely N-dealkylation sites (tertiary alicyclic amines) is 1. The maximum absolute atomic E-state index is 10.6. The first-order valence-electron chi connectivity index (χ1n) is 11.2. The van der Waals surface area contributed by atoms with Crippen molar-refractivity contribution in [2.24, 2.45) is 5.92 Å². The largest absolute Gasteiger partial charge is 0.490 e. The van der Waals surface area contributed by atoms with E-state index < -0.39 is 24.3 Å². The van der Waals surface area contributed by atoms with Gasteiger partial charge >= 0.3 is 24.3 Å². The summed E-state index contributed by atoms with van der Waals surface area (Å²) in [7, 11) is 0. The number of piperidine rings is 1. The van der Waals surface area contributed by atoms with Crippen molar-refractivity contribution in [2.45, 2.75) is 57.0 Å². The Morgan fingerprint density at radius 2 is 1.61 bits per heavy atom. The fourth-order valence-corrected chi connectivity index (χ4v) is 4.56. The van der Waals surface area contributed by atoms with Crippen molar-refractivity contribution in [3.05, 3.63) is 16.1 Å². The molecule has 0 aromatic carbocycles. The molecular weight excluding hydrogens is 520 g/mol. The number of aromatic nitrogens is 1. The van der Waals surface area contributed by atoms with Crippen LogP contribution in [-0.2, 0) is 20.9 Å². The molecule has 0 bridgehead atoms. The standard InChI is InChI=1S/C17H27N3OS.2C2HF3O2/c1-14-18-16(12-22-14)11-19-6-4-17(5-7-19)13-21-9-8-20(17)10-15-2-3-15;2*3-2(4,5)1(6)7/h12,15H,2-11,13H2,1H3;2*(H,6,7). The number of carboxylic acid groups (broad SMARTS) is 2. The van der Waals surface area contributed by atoms with Gasteiger partial charge in [-0.1, -0.05) is 0 Å². The summed E-state index contributed by atoms with van der Waals surface area (Å²) in [5, 5.41) is 17.6. The van der Waals surface area contributed by atoms with Gasteiger partial charge in [0.1, 0.15) is 0 Å². The summed E-state index contributed by atoms with van der Waals surface area (Å²) < 4.78 is 69.4. The molecule has 2 saturated heterocycles. The predicted octanol–water partition coefficient (Wildman–Crippen LogP) is 3.79. The molecule has 0 atom stereocenters. The minimum Gasteiger partial charge on any atom is -0.475 e. The Morgan fingerprint density at radius 3 is 2.03 bits per heavy atom. The molecule has 2 aliphatic heterocycles. The van der Waals surface area contributed by atoms with Crippen LogP contribution in [0.2, 0.25) is 0 Å². The van der Waals surface area contributed by atoms with Crippen LogP contribution in [0.25, 0.3) is 0 Å². The number of hydrogen-bond donors (Lipinski definition) is 2. The van der Waals surface area contributed by atoms with Gasteiger partial charge in [-0.2, -0.15) is 26.3 Å². The second-order valence-corrected chi connectivity index (χ2v) is 9.97. The summed E-state index contributed by atoms with van der Waals surface area (Å²) in [6.45, 7) is 9.80. The zero-order valence-corrected chi connectivity index (χ0v) is 20.4. The Morgan fingerprint density at radius 1 is 1.08 bits per heavy atom. The highest BCUT2D eigenvalue weighted by molar-refractivity contribution is 7.09. The summed E-state index contributed by atoms with van der Waals surface area (Å²) in [4.78, 5) is 27.8. The van der Waals surface area contributed by atoms with Crippen molar-refractivity contribution in [1.29, 1.82) is 0 Å². The Balaban J connectivity index is 0.000000271. The van der Waals surface area contributed by atoms with Gasteiger partial charge in [-0.25, -0.2) is 14.6 Å². The SMILES string of the molecule is Cc1nc(CN2CCC3(CC2)COCCN3CC2CC2)cs1.O=C(O)C(F)(F)F.O=C(O)C(F)(F)F. The number of rotatable bonds is 4. The van der Waals surface area contributed by atoms with E-state index in [2.05, 4.69) is 27.1 Å². The number of alkyl halides is 6. The third-order valence-corrected chi connectivity index (χ3v) is 6.87. The number of aliphatic carboxylic acids is 2. The summed E-state index contributed by atoms with van der Waals surface area (Å²) in [6.07, 6.45) is -4.77. The quantitative estimate of drug-likeness (QED) is 0.547. The topological polar surface area (TPSA) is 103 Å². The van der Waals surface area contributed by atoms with E-state index in [4.69, 9.17) is 24.5 Å². The van der Waals surface area contributed by atoms with Gasteiger partial charge in [0, 0.05) is 43.6 Å². The van der Waals surface area contributed by atoms with Crippen molar-refractivity contribution >= 4 is 23.3 Å². The lowest BCUT2D eigenvalue weighted by atomic mass is 9.85. The van der Waals surface area contributed by atoms with E-state index in [1.807, 2.05) is 0 Å². The van der Waals surface area contributed by atoms with Crippen molar-refractivity contribution in [2.75, 3.05) is 39.4 Å². The van der Waals surface area contributed by atoms with Crippen molar-refractivity contribution < 1.29 is 50.9 Å². The van der Waals surface area contributed by atoms with Gasteiger partial charge in [-0.05, 0) is 38.5 Å². The lowest BCUT2D eigenvalue weighted by Gasteiger charge is -2.51. The average Bonchev–Trinajstić information content (AvgIpc) is 3.50. The molecule has 0 amide bonds. The lowest BCUT2D eigenvalue weighted by Crippen LogP contribution is -2.61. The van der Waals surface area contributed by atoms with Gasteiger partial charge in [0.2, 0.25) is 0 Å². The molecule has 3 aliphatic rings. The smallest absolute Gasteiger partial charge is 0.475 e. The van der Waals surface area contributed by atoms with E-state index in [-0.39, 0.29) is 0 Å². The Hall–Kier alpha value is -1.97. The number of nitrogens with zero attached hydrogens (tertiary/aromatic N) is 3. The van der Waals surface area contributed by atoms with Crippen LogP contribution in [0.15, 0.2) is 5.38 Å². The second-order valence-electron chi connectivity index (χ2n) is 8.91. The van der Waals surface area contributed by atoms with Crippen molar-refractivity contribution in [3.8, 4) is 0 Å². The Bertz CT molecular complexity index is 843. The van der Waals surface area contributed by atoms with Crippen LogP contribution in [0.3, 0.4) is 0 Å². The molecule has 1 aliphatic carbocycles. The van der Waals surface area contributed by atoms with Crippen LogP contribution < -0.4 is 0 Å². The van der Waals surface area contributed by atoms with Crippen molar-refractivity contribution in [1.82, 2.24) is 14.8 Å². The van der Waals surface area contributed by atoms with Gasteiger partial charge < -0.3 is 14.9 Å². The van der Waals surface area contributed by atoms with E-state index in [1.54, 1.807) is 11.3 Å². The van der Waals surface area contributed by atoms with Crippen molar-refractivity contribution in [3.63, 3.8) is 0 Å². The highest BCUT2D eigenvalue weighted by atomic mass is 32.1. The minimum atomic E-state index is -5.08. The number of carboxylic acids is 2. The van der Waals surface area contributed by atoms with Crippen LogP contribution in [0.4, 0.5) is 26.3 Å². The lowest BCUT2D eigenvalue weighted by molar-refractivity contribution is -0.193. The van der Waals surface area contributed by atoms with Gasteiger partial charge in [0.25, 0.3) is 0 Å². The first-order chi connectivity index (χ1) is 16.6. The average molecular weight is 550 g/mol. The Kier molecular flexibility index (Phi) is 10.5. The third kappa shape index (κ3) is 9.82. The number of hydrogen-bond acceptors (Lipinski definition) is 7. The van der Waals surface area contributed by atoms with Gasteiger partial charge in [0.05, 0.1) is 23.9 Å². The van der Waals surface area contributed by atoms with E-state index >= 15 is 0 Å². The fourth-order valence-electron chi connectivity index (χ4n) is 3.96. The van der Waals surface area contributed by atoms with E-state index in [0.717, 1.165) is 32.2 Å². The minimum absolute atomic E-state index is 0.329. The predicted molar refractivity (Wildman–Crippen MR) is 117 cm³/mol. The van der Waals surface area contributed by atoms with E-state index in [1.165, 1.54) is 56.0 Å². The molecular formula is C21H29F6N3O5S. The highest BCUT2D eigenvalue weighted by Crippen LogP contribution is 2.37. The normalized spacial score (nSPS) is 20.6. The molecule has 206 valence electrons. The van der Waals surface area contributed by atoms with E-state index in [9.17, 15) is 26.3 Å². The number of halogens is 6. The summed E-state index contributed by atoms with van der Waals surface area (Å²) in [6, 6.07) is 0. The molecule has 8 nitrogen and oxygen atoms in total. The number of carbonyl (C=O) groups is 2. The molecule has 3 fully saturated rings. The number of thiazole rings is 1. The van der Waals surface area contributed by atoms with Crippen LogP contribution >= 0.6 is 11.3 Å². The molecule has 15 heteroatoms. The number of aryl methyl sites for hydroxylation is 1. The zero-order valence-electron chi connectivity index (χ0n) is 19.6. The van der Waals surface area contributed by atoms with Crippen LogP contribution in [-0.4, -0.2) is 94.2 Å². The summed E-state index contributed by atoms with van der Waals surface area (Å²) >= 11 is 1.76. The van der Waals surface area contributed by atoms with Crippen LogP contribution in [0, 0.1) is 12.8 Å². The number of ether oxygens (including phenoxy) is 1. The molecule has 0 unspecified atom stereocenters. The molecule has 0 radical (unpaired) electrons. The molecule has 1 aromatic heterocycles. The fraction of sp³-hybridized carbons (Fsp3) is 0.762. The van der Waals surface area contributed by atoms with Gasteiger partial charge in [-0.15, -0.1) is 11.3 Å². The second kappa shape index (κ2) is 12.5. The van der Waals surface area contributed by atoms with Crippen LogP contribution in [0.1, 0.15) is 36.4 Å². The van der Waals surface area contributed by atoms with Gasteiger partial charge in [0.15, 0.2) is 0 Å². The Labute approximate surface area is 207 Å². The zero-order chi connectivity index (χ0) is 27.1.